The lowest BCUT2D eigenvalue weighted by Gasteiger charge is -2.25. The zero-order valence-electron chi connectivity index (χ0n) is 11.9. The van der Waals surface area contributed by atoms with E-state index in [4.69, 9.17) is 4.74 Å². The largest absolute Gasteiger partial charge is 0.388 e. The molecule has 3 heteroatoms. The van der Waals surface area contributed by atoms with Crippen molar-refractivity contribution in [3.63, 3.8) is 0 Å². The van der Waals surface area contributed by atoms with Gasteiger partial charge in [0.25, 0.3) is 0 Å². The van der Waals surface area contributed by atoms with Crippen LogP contribution in [0.1, 0.15) is 19.4 Å². The van der Waals surface area contributed by atoms with E-state index in [-0.39, 0.29) is 0 Å². The highest BCUT2D eigenvalue weighted by Crippen LogP contribution is 2.02. The smallest absolute Gasteiger partial charge is 0.115 e. The van der Waals surface area contributed by atoms with Gasteiger partial charge in [-0.2, -0.15) is 0 Å². The molecule has 1 aromatic rings. The molecule has 0 aliphatic carbocycles. The standard InChI is InChI=1S/C15H25NOSi/c1-5-14-10-8-9-11-15(14)18(13-17-4)12-16(6-2)7-3/h5,8-11,18H,1,6-7,12-13H2,2-4H3. The van der Waals surface area contributed by atoms with E-state index in [1.165, 1.54) is 16.9 Å². The first-order chi connectivity index (χ1) is 8.76. The van der Waals surface area contributed by atoms with E-state index < -0.39 is 8.80 Å². The molecule has 0 aromatic heterocycles. The minimum atomic E-state index is -1.11. The lowest BCUT2D eigenvalue weighted by atomic mass is 10.2. The van der Waals surface area contributed by atoms with Crippen LogP contribution in [0.25, 0.3) is 6.08 Å². The summed E-state index contributed by atoms with van der Waals surface area (Å²) in [5.74, 6) is 0. The first-order valence-corrected chi connectivity index (χ1v) is 8.90. The minimum absolute atomic E-state index is 0.890. The zero-order valence-corrected chi connectivity index (χ0v) is 13.0. The van der Waals surface area contributed by atoms with Gasteiger partial charge in [-0.1, -0.05) is 56.0 Å². The number of ether oxygens (including phenoxy) is 1. The molecule has 0 amide bonds. The summed E-state index contributed by atoms with van der Waals surface area (Å²) >= 11 is 0. The van der Waals surface area contributed by atoms with Crippen LogP contribution in [0.3, 0.4) is 0 Å². The average molecular weight is 263 g/mol. The fraction of sp³-hybridized carbons (Fsp3) is 0.467. The summed E-state index contributed by atoms with van der Waals surface area (Å²) in [6, 6.07) is 8.60. The van der Waals surface area contributed by atoms with Crippen molar-refractivity contribution in [3.05, 3.63) is 36.4 Å². The van der Waals surface area contributed by atoms with E-state index in [0.29, 0.717) is 0 Å². The highest BCUT2D eigenvalue weighted by molar-refractivity contribution is 6.74. The Balaban J connectivity index is 2.92. The van der Waals surface area contributed by atoms with Gasteiger partial charge in [0, 0.05) is 13.3 Å². The highest BCUT2D eigenvalue weighted by atomic mass is 28.3. The van der Waals surface area contributed by atoms with E-state index in [1.54, 1.807) is 7.11 Å². The van der Waals surface area contributed by atoms with Gasteiger partial charge in [0.15, 0.2) is 0 Å². The summed E-state index contributed by atoms with van der Waals surface area (Å²) in [6.45, 7) is 10.6. The summed E-state index contributed by atoms with van der Waals surface area (Å²) < 4.78 is 5.45. The predicted molar refractivity (Wildman–Crippen MR) is 83.0 cm³/mol. The molecule has 0 saturated carbocycles. The maximum Gasteiger partial charge on any atom is 0.115 e. The normalized spacial score (nSPS) is 12.7. The molecule has 0 saturated heterocycles. The summed E-state index contributed by atoms with van der Waals surface area (Å²) in [6.07, 6.45) is 4.03. The van der Waals surface area contributed by atoms with Gasteiger partial charge >= 0.3 is 0 Å². The first kappa shape index (κ1) is 15.2. The third-order valence-electron chi connectivity index (χ3n) is 3.40. The second-order valence-corrected chi connectivity index (χ2v) is 7.19. The molecule has 0 bridgehead atoms. The van der Waals surface area contributed by atoms with E-state index >= 15 is 0 Å². The van der Waals surface area contributed by atoms with Gasteiger partial charge in [0.1, 0.15) is 8.80 Å². The second-order valence-electron chi connectivity index (χ2n) is 4.47. The van der Waals surface area contributed by atoms with Crippen LogP contribution >= 0.6 is 0 Å². The Morgan fingerprint density at radius 3 is 2.50 bits per heavy atom. The SMILES string of the molecule is C=Cc1ccccc1[SiH](COC)CN(CC)CC. The molecule has 2 nitrogen and oxygen atoms in total. The minimum Gasteiger partial charge on any atom is -0.388 e. The van der Waals surface area contributed by atoms with Crippen molar-refractivity contribution in [1.29, 1.82) is 0 Å². The van der Waals surface area contributed by atoms with Crippen molar-refractivity contribution in [2.45, 2.75) is 13.8 Å². The predicted octanol–water partition coefficient (Wildman–Crippen LogP) is 1.83. The van der Waals surface area contributed by atoms with E-state index in [2.05, 4.69) is 49.6 Å². The molecular weight excluding hydrogens is 238 g/mol. The molecule has 0 aliphatic rings. The molecule has 0 spiro atoms. The maximum atomic E-state index is 5.45. The lowest BCUT2D eigenvalue weighted by molar-refractivity contribution is 0.245. The van der Waals surface area contributed by atoms with Gasteiger partial charge in [-0.15, -0.1) is 0 Å². The third kappa shape index (κ3) is 4.09. The molecule has 1 rings (SSSR count). The van der Waals surface area contributed by atoms with Crippen LogP contribution in [-0.2, 0) is 4.74 Å². The topological polar surface area (TPSA) is 12.5 Å². The number of hydrogen-bond donors (Lipinski definition) is 0. The quantitative estimate of drug-likeness (QED) is 0.664. The Morgan fingerprint density at radius 2 is 1.94 bits per heavy atom. The number of benzene rings is 1. The van der Waals surface area contributed by atoms with Crippen LogP contribution in [0, 0.1) is 0 Å². The molecule has 0 heterocycles. The van der Waals surface area contributed by atoms with Crippen LogP contribution in [-0.4, -0.2) is 46.3 Å². The van der Waals surface area contributed by atoms with Crippen molar-refractivity contribution in [2.24, 2.45) is 0 Å². The molecule has 0 aliphatic heterocycles. The maximum absolute atomic E-state index is 5.45. The Hall–Kier alpha value is -0.903. The summed E-state index contributed by atoms with van der Waals surface area (Å²) in [4.78, 5) is 2.50. The van der Waals surface area contributed by atoms with Crippen LogP contribution in [0.15, 0.2) is 30.8 Å². The molecule has 1 aromatic carbocycles. The van der Waals surface area contributed by atoms with Crippen molar-refractivity contribution < 1.29 is 4.74 Å². The molecule has 18 heavy (non-hydrogen) atoms. The van der Waals surface area contributed by atoms with Crippen molar-refractivity contribution in [1.82, 2.24) is 4.90 Å². The monoisotopic (exact) mass is 263 g/mol. The van der Waals surface area contributed by atoms with E-state index in [9.17, 15) is 0 Å². The van der Waals surface area contributed by atoms with Crippen molar-refractivity contribution in [3.8, 4) is 0 Å². The molecule has 0 N–H and O–H groups in total. The third-order valence-corrected chi connectivity index (χ3v) is 6.49. The molecule has 0 radical (unpaired) electrons. The number of hydrogen-bond acceptors (Lipinski definition) is 2. The van der Waals surface area contributed by atoms with Crippen LogP contribution < -0.4 is 5.19 Å². The van der Waals surface area contributed by atoms with Gasteiger partial charge in [0.2, 0.25) is 0 Å². The van der Waals surface area contributed by atoms with Gasteiger partial charge < -0.3 is 9.64 Å². The summed E-state index contributed by atoms with van der Waals surface area (Å²) in [5, 5.41) is 1.47. The first-order valence-electron chi connectivity index (χ1n) is 6.69. The summed E-state index contributed by atoms with van der Waals surface area (Å²) in [5.41, 5.74) is 1.28. The van der Waals surface area contributed by atoms with Crippen LogP contribution in [0.2, 0.25) is 0 Å². The van der Waals surface area contributed by atoms with Gasteiger partial charge in [-0.05, 0) is 24.8 Å². The highest BCUT2D eigenvalue weighted by Gasteiger charge is 2.18. The molecule has 1 unspecified atom stereocenters. The Labute approximate surface area is 113 Å². The Bertz CT molecular complexity index is 363. The average Bonchev–Trinajstić information content (AvgIpc) is 2.43. The van der Waals surface area contributed by atoms with Gasteiger partial charge in [-0.3, -0.25) is 0 Å². The van der Waals surface area contributed by atoms with Gasteiger partial charge in [-0.25, -0.2) is 0 Å². The Kier molecular flexibility index (Phi) is 6.94. The van der Waals surface area contributed by atoms with Gasteiger partial charge in [0.05, 0.1) is 0 Å². The fourth-order valence-electron chi connectivity index (χ4n) is 2.30. The van der Waals surface area contributed by atoms with E-state index in [1.807, 2.05) is 6.08 Å². The van der Waals surface area contributed by atoms with Crippen molar-refractivity contribution >= 4 is 20.1 Å². The molecule has 100 valence electrons. The van der Waals surface area contributed by atoms with Crippen LogP contribution in [0.4, 0.5) is 0 Å². The fourth-order valence-corrected chi connectivity index (χ4v) is 5.40. The summed E-state index contributed by atoms with van der Waals surface area (Å²) in [7, 11) is 0.695. The molecule has 1 atom stereocenters. The number of methoxy groups -OCH3 is 1. The second kappa shape index (κ2) is 8.24. The number of rotatable bonds is 8. The van der Waals surface area contributed by atoms with Crippen molar-refractivity contribution in [2.75, 3.05) is 32.6 Å². The van der Waals surface area contributed by atoms with E-state index in [0.717, 1.165) is 19.3 Å². The molecular formula is C15H25NOSi. The Morgan fingerprint density at radius 1 is 1.28 bits per heavy atom. The number of nitrogens with zero attached hydrogens (tertiary/aromatic N) is 1. The van der Waals surface area contributed by atoms with Crippen LogP contribution in [0.5, 0.6) is 0 Å². The lowest BCUT2D eigenvalue weighted by Crippen LogP contribution is -2.47. The zero-order chi connectivity index (χ0) is 13.4. The molecule has 0 fully saturated rings.